The fourth-order valence-electron chi connectivity index (χ4n) is 1.68. The van der Waals surface area contributed by atoms with Gasteiger partial charge in [0.1, 0.15) is 3.79 Å². The molecule has 2 aromatic rings. The number of carbonyl (C=O) groups excluding carboxylic acids is 1. The Morgan fingerprint density at radius 3 is 2.79 bits per heavy atom. The number of carbonyl (C=O) groups is 1. The van der Waals surface area contributed by atoms with Gasteiger partial charge in [0.2, 0.25) is 0 Å². The van der Waals surface area contributed by atoms with Crippen molar-refractivity contribution in [3.63, 3.8) is 0 Å². The van der Waals surface area contributed by atoms with Crippen molar-refractivity contribution < 1.29 is 4.79 Å². The molecule has 0 aromatic carbocycles. The second kappa shape index (κ2) is 5.73. The third kappa shape index (κ3) is 3.43. The van der Waals surface area contributed by atoms with Crippen molar-refractivity contribution in [1.82, 2.24) is 10.3 Å². The lowest BCUT2D eigenvalue weighted by Gasteiger charge is -2.23. The van der Waals surface area contributed by atoms with Crippen LogP contribution in [0.4, 0.5) is 0 Å². The first-order chi connectivity index (χ1) is 8.90. The summed E-state index contributed by atoms with van der Waals surface area (Å²) in [6.45, 7) is 6.73. The molecule has 2 rings (SSSR count). The number of hydrogen-bond donors (Lipinski definition) is 1. The summed E-state index contributed by atoms with van der Waals surface area (Å²) >= 11 is 6.56. The second-order valence-corrected chi connectivity index (χ2v) is 8.37. The quantitative estimate of drug-likeness (QED) is 0.897. The lowest BCUT2D eigenvalue weighted by atomic mass is 9.91. The Hall–Kier alpha value is -0.720. The highest BCUT2D eigenvalue weighted by molar-refractivity contribution is 9.11. The van der Waals surface area contributed by atoms with Crippen molar-refractivity contribution in [3.8, 4) is 0 Å². The van der Waals surface area contributed by atoms with Crippen LogP contribution in [0.2, 0.25) is 0 Å². The molecule has 6 heteroatoms. The predicted molar refractivity (Wildman–Crippen MR) is 84.2 cm³/mol. The minimum absolute atomic E-state index is 0.0681. The minimum Gasteiger partial charge on any atom is -0.350 e. The van der Waals surface area contributed by atoms with Crippen LogP contribution in [0.15, 0.2) is 21.3 Å². The molecule has 0 saturated heterocycles. The smallest absolute Gasteiger partial charge is 0.271 e. The number of thiazole rings is 1. The number of aromatic nitrogens is 1. The number of nitrogens with zero attached hydrogens (tertiary/aromatic N) is 1. The van der Waals surface area contributed by atoms with Crippen LogP contribution in [-0.2, 0) is 5.41 Å². The average Bonchev–Trinajstić information content (AvgIpc) is 2.96. The number of hydrogen-bond acceptors (Lipinski definition) is 4. The first-order valence-corrected chi connectivity index (χ1v) is 8.34. The van der Waals surface area contributed by atoms with Gasteiger partial charge < -0.3 is 5.32 Å². The Balaban J connectivity index is 2.03. The summed E-state index contributed by atoms with van der Waals surface area (Å²) in [4.78, 5) is 17.6. The van der Waals surface area contributed by atoms with Gasteiger partial charge in [0.25, 0.3) is 5.91 Å². The van der Waals surface area contributed by atoms with Crippen LogP contribution in [0, 0.1) is 6.92 Å². The molecule has 19 heavy (non-hydrogen) atoms. The summed E-state index contributed by atoms with van der Waals surface area (Å²) in [6, 6.07) is 4.13. The predicted octanol–water partition coefficient (Wildman–Crippen LogP) is 3.98. The van der Waals surface area contributed by atoms with Crippen molar-refractivity contribution in [2.24, 2.45) is 0 Å². The van der Waals surface area contributed by atoms with Gasteiger partial charge in [-0.1, -0.05) is 19.9 Å². The molecule has 1 N–H and O–H groups in total. The van der Waals surface area contributed by atoms with Crippen molar-refractivity contribution in [1.29, 1.82) is 0 Å². The van der Waals surface area contributed by atoms with E-state index in [2.05, 4.69) is 51.5 Å². The Labute approximate surface area is 129 Å². The number of halogens is 1. The monoisotopic (exact) mass is 358 g/mol. The summed E-state index contributed by atoms with van der Waals surface area (Å²) in [5.41, 5.74) is 0.408. The molecule has 0 aliphatic carbocycles. The molecule has 0 bridgehead atoms. The summed E-state index contributed by atoms with van der Waals surface area (Å²) in [5, 5.41) is 5.90. The fraction of sp³-hybridized carbons (Fsp3) is 0.385. The zero-order valence-corrected chi connectivity index (χ0v) is 14.2. The van der Waals surface area contributed by atoms with Crippen LogP contribution in [0.1, 0.15) is 34.2 Å². The molecule has 2 aromatic heterocycles. The molecule has 0 radical (unpaired) electrons. The largest absolute Gasteiger partial charge is 0.350 e. The SMILES string of the molecule is Cc1nc(C(=O)NCC(C)(C)c2cccs2)c(Br)s1. The van der Waals surface area contributed by atoms with Crippen LogP contribution < -0.4 is 5.32 Å². The number of nitrogens with one attached hydrogen (secondary N) is 1. The minimum atomic E-state index is -0.124. The molecule has 1 amide bonds. The standard InChI is InChI=1S/C13H15BrN2OS2/c1-8-16-10(11(14)19-8)12(17)15-7-13(2,3)9-5-4-6-18-9/h4-6H,7H2,1-3H3,(H,15,17). The van der Waals surface area contributed by atoms with Gasteiger partial charge in [-0.2, -0.15) is 0 Å². The highest BCUT2D eigenvalue weighted by atomic mass is 79.9. The Morgan fingerprint density at radius 1 is 1.53 bits per heavy atom. The lowest BCUT2D eigenvalue weighted by Crippen LogP contribution is -2.36. The van der Waals surface area contributed by atoms with Gasteiger partial charge in [-0.3, -0.25) is 4.79 Å². The van der Waals surface area contributed by atoms with E-state index in [1.54, 1.807) is 11.3 Å². The molecule has 0 unspecified atom stereocenters. The van der Waals surface area contributed by atoms with E-state index < -0.39 is 0 Å². The molecule has 2 heterocycles. The molecule has 102 valence electrons. The number of thiophene rings is 1. The van der Waals surface area contributed by atoms with E-state index in [1.165, 1.54) is 16.2 Å². The maximum atomic E-state index is 12.1. The summed E-state index contributed by atoms with van der Waals surface area (Å²) in [6.07, 6.45) is 0. The molecule has 0 saturated carbocycles. The maximum absolute atomic E-state index is 12.1. The van der Waals surface area contributed by atoms with Crippen LogP contribution in [0.25, 0.3) is 0 Å². The van der Waals surface area contributed by atoms with Crippen LogP contribution in [-0.4, -0.2) is 17.4 Å². The molecule has 0 spiro atoms. The zero-order valence-electron chi connectivity index (χ0n) is 11.0. The van der Waals surface area contributed by atoms with E-state index in [-0.39, 0.29) is 11.3 Å². The lowest BCUT2D eigenvalue weighted by molar-refractivity contribution is 0.0940. The summed E-state index contributed by atoms with van der Waals surface area (Å²) < 4.78 is 0.788. The zero-order chi connectivity index (χ0) is 14.0. The van der Waals surface area contributed by atoms with Crippen molar-refractivity contribution in [2.45, 2.75) is 26.2 Å². The first kappa shape index (κ1) is 14.7. The molecular formula is C13H15BrN2OS2. The number of rotatable bonds is 4. The van der Waals surface area contributed by atoms with Gasteiger partial charge in [-0.05, 0) is 34.3 Å². The van der Waals surface area contributed by atoms with Gasteiger partial charge in [0.15, 0.2) is 5.69 Å². The molecule has 0 fully saturated rings. The molecule has 0 aliphatic rings. The van der Waals surface area contributed by atoms with Crippen molar-refractivity contribution in [2.75, 3.05) is 6.54 Å². The summed E-state index contributed by atoms with van der Waals surface area (Å²) in [7, 11) is 0. The Kier molecular flexibility index (Phi) is 4.43. The average molecular weight is 359 g/mol. The fourth-order valence-corrected chi connectivity index (χ4v) is 4.13. The van der Waals surface area contributed by atoms with E-state index in [0.717, 1.165) is 8.79 Å². The van der Waals surface area contributed by atoms with E-state index in [9.17, 15) is 4.79 Å². The topological polar surface area (TPSA) is 42.0 Å². The highest BCUT2D eigenvalue weighted by Gasteiger charge is 2.24. The van der Waals surface area contributed by atoms with Crippen LogP contribution in [0.3, 0.4) is 0 Å². The van der Waals surface area contributed by atoms with E-state index in [4.69, 9.17) is 0 Å². The maximum Gasteiger partial charge on any atom is 0.271 e. The molecular weight excluding hydrogens is 344 g/mol. The van der Waals surface area contributed by atoms with Crippen LogP contribution in [0.5, 0.6) is 0 Å². The van der Waals surface area contributed by atoms with E-state index in [1.807, 2.05) is 13.0 Å². The van der Waals surface area contributed by atoms with Gasteiger partial charge in [0.05, 0.1) is 5.01 Å². The van der Waals surface area contributed by atoms with Gasteiger partial charge in [-0.15, -0.1) is 22.7 Å². The second-order valence-electron chi connectivity index (χ2n) is 4.90. The third-order valence-electron chi connectivity index (χ3n) is 2.79. The van der Waals surface area contributed by atoms with Gasteiger partial charge in [-0.25, -0.2) is 4.98 Å². The number of aryl methyl sites for hydroxylation is 1. The van der Waals surface area contributed by atoms with Crippen molar-refractivity contribution >= 4 is 44.5 Å². The first-order valence-electron chi connectivity index (χ1n) is 5.85. The van der Waals surface area contributed by atoms with E-state index in [0.29, 0.717) is 12.2 Å². The Morgan fingerprint density at radius 2 is 2.26 bits per heavy atom. The Bertz CT molecular complexity index is 575. The van der Waals surface area contributed by atoms with E-state index >= 15 is 0 Å². The third-order valence-corrected chi connectivity index (χ3v) is 5.64. The molecule has 3 nitrogen and oxygen atoms in total. The highest BCUT2D eigenvalue weighted by Crippen LogP contribution is 2.27. The normalized spacial score (nSPS) is 11.6. The van der Waals surface area contributed by atoms with Gasteiger partial charge >= 0.3 is 0 Å². The molecule has 0 aliphatic heterocycles. The van der Waals surface area contributed by atoms with Gasteiger partial charge in [0, 0.05) is 16.8 Å². The van der Waals surface area contributed by atoms with Crippen molar-refractivity contribution in [3.05, 3.63) is 36.9 Å². The van der Waals surface area contributed by atoms with Crippen LogP contribution >= 0.6 is 38.6 Å². The summed E-state index contributed by atoms with van der Waals surface area (Å²) in [5.74, 6) is -0.124. The molecule has 0 atom stereocenters. The number of amides is 1.